The van der Waals surface area contributed by atoms with Crippen LogP contribution >= 0.6 is 0 Å². The minimum absolute atomic E-state index is 0.0138. The van der Waals surface area contributed by atoms with Crippen LogP contribution in [-0.2, 0) is 42.9 Å². The van der Waals surface area contributed by atoms with Gasteiger partial charge in [0.1, 0.15) is 18.8 Å². The maximum absolute atomic E-state index is 13.1. The third-order valence-electron chi connectivity index (χ3n) is 13.3. The molecule has 6 atom stereocenters. The Balaban J connectivity index is 2.70. The lowest BCUT2D eigenvalue weighted by Crippen LogP contribution is -2.61. The Hall–Kier alpha value is -4.62. The number of rotatable bonds is 51. The zero-order chi connectivity index (χ0) is 57.5. The molecule has 0 amide bonds. The van der Waals surface area contributed by atoms with E-state index in [9.17, 15) is 34.5 Å². The standard InChI is InChI=1S/C67H108O12/c1-4-7-10-13-16-19-22-25-27-29-30-32-34-37-40-43-46-49-52-55-61(70)78-65-63(72)62(71)64(66(73)74)79-67(65)76-57-58(77-60(69)54-51-48-45-42-39-35-24-21-18-15-12-9-6-3)56-75-59(68)53-50-47-44-41-38-36-33-31-28-26-23-20-17-14-11-8-5-2/h7,10,12,15-17,19-21,24-28,30,32,37,40,58,62-65,67,71-72H,4-6,8-9,11,13-14,18,22-23,29,31,33-36,38-39,41-57H2,1-3H3,(H,73,74)/b10-7-,15-12-,19-16-,20-17-,24-21-,27-25-,28-26-,32-30-,40-37-. The summed E-state index contributed by atoms with van der Waals surface area (Å²) in [7, 11) is 0. The van der Waals surface area contributed by atoms with Gasteiger partial charge in [0.05, 0.1) is 6.61 Å². The predicted octanol–water partition coefficient (Wildman–Crippen LogP) is 16.2. The lowest BCUT2D eigenvalue weighted by Gasteiger charge is -2.40. The normalized spacial score (nSPS) is 18.6. The number of aliphatic hydroxyl groups is 2. The molecule has 0 aromatic heterocycles. The van der Waals surface area contributed by atoms with Gasteiger partial charge in [-0.2, -0.15) is 0 Å². The number of esters is 3. The highest BCUT2D eigenvalue weighted by molar-refractivity contribution is 5.74. The second kappa shape index (κ2) is 54.0. The van der Waals surface area contributed by atoms with Crippen molar-refractivity contribution in [2.75, 3.05) is 13.2 Å². The molecule has 0 spiro atoms. The molecule has 448 valence electrons. The van der Waals surface area contributed by atoms with Crippen molar-refractivity contribution in [3.05, 3.63) is 109 Å². The summed E-state index contributed by atoms with van der Waals surface area (Å²) in [6.07, 6.45) is 60.5. The van der Waals surface area contributed by atoms with Gasteiger partial charge in [-0.05, 0) is 122 Å². The van der Waals surface area contributed by atoms with Crippen LogP contribution in [0.15, 0.2) is 109 Å². The highest BCUT2D eigenvalue weighted by Gasteiger charge is 2.50. The van der Waals surface area contributed by atoms with E-state index in [4.69, 9.17) is 23.7 Å². The van der Waals surface area contributed by atoms with Gasteiger partial charge in [0.2, 0.25) is 0 Å². The third kappa shape index (κ3) is 43.8. The van der Waals surface area contributed by atoms with E-state index in [0.29, 0.717) is 19.3 Å². The first-order chi connectivity index (χ1) is 38.6. The molecule has 0 aromatic rings. The molecule has 3 N–H and O–H groups in total. The van der Waals surface area contributed by atoms with Crippen molar-refractivity contribution in [1.82, 2.24) is 0 Å². The average molecular weight is 1110 g/mol. The first-order valence-electron chi connectivity index (χ1n) is 30.9. The lowest BCUT2D eigenvalue weighted by atomic mass is 9.98. The van der Waals surface area contributed by atoms with Crippen LogP contribution in [0.5, 0.6) is 0 Å². The number of aliphatic hydroxyl groups excluding tert-OH is 2. The van der Waals surface area contributed by atoms with Crippen LogP contribution in [0.4, 0.5) is 0 Å². The van der Waals surface area contributed by atoms with E-state index in [1.165, 1.54) is 38.5 Å². The van der Waals surface area contributed by atoms with Crippen LogP contribution in [-0.4, -0.2) is 89.2 Å². The summed E-state index contributed by atoms with van der Waals surface area (Å²) in [5, 5.41) is 31.5. The molecule has 1 rings (SSSR count). The van der Waals surface area contributed by atoms with E-state index in [1.807, 2.05) is 0 Å². The Morgan fingerprint density at radius 1 is 0.430 bits per heavy atom. The van der Waals surface area contributed by atoms with Crippen molar-refractivity contribution in [3.8, 4) is 0 Å². The number of unbranched alkanes of at least 4 members (excludes halogenated alkanes) is 19. The van der Waals surface area contributed by atoms with Crippen molar-refractivity contribution in [2.24, 2.45) is 0 Å². The Kier molecular flexibility index (Phi) is 49.5. The average Bonchev–Trinajstić information content (AvgIpc) is 3.46. The van der Waals surface area contributed by atoms with Crippen molar-refractivity contribution in [3.63, 3.8) is 0 Å². The summed E-state index contributed by atoms with van der Waals surface area (Å²) in [6.45, 7) is 5.76. The molecule has 0 saturated carbocycles. The van der Waals surface area contributed by atoms with Crippen LogP contribution in [0, 0.1) is 0 Å². The Morgan fingerprint density at radius 3 is 1.28 bits per heavy atom. The lowest BCUT2D eigenvalue weighted by molar-refractivity contribution is -0.301. The van der Waals surface area contributed by atoms with Gasteiger partial charge in [-0.25, -0.2) is 4.79 Å². The van der Waals surface area contributed by atoms with Gasteiger partial charge in [-0.1, -0.05) is 207 Å². The number of carbonyl (C=O) groups excluding carboxylic acids is 3. The molecule has 1 heterocycles. The molecule has 6 unspecified atom stereocenters. The summed E-state index contributed by atoms with van der Waals surface area (Å²) in [6, 6.07) is 0. The molecule has 79 heavy (non-hydrogen) atoms. The number of hydrogen-bond donors (Lipinski definition) is 3. The summed E-state index contributed by atoms with van der Waals surface area (Å²) < 4.78 is 28.4. The molecule has 1 fully saturated rings. The summed E-state index contributed by atoms with van der Waals surface area (Å²) >= 11 is 0. The SMILES string of the molecule is CC/C=C\C/C=C\C/C=C\C/C=C\C/C=C\CCCCCC(=O)OC1C(OCC(COC(=O)CCCCCCCCC/C=C\C/C=C\CCCCC)OC(=O)CCCCCCC/C=C\C/C=C\CCC)OC(C(=O)O)C(O)C1O. The number of hydrogen-bond acceptors (Lipinski definition) is 11. The maximum atomic E-state index is 13.1. The molecule has 1 saturated heterocycles. The minimum Gasteiger partial charge on any atom is -0.479 e. The number of carboxylic acid groups (broad SMARTS) is 1. The van der Waals surface area contributed by atoms with Gasteiger partial charge < -0.3 is 39.0 Å². The number of ether oxygens (including phenoxy) is 5. The Morgan fingerprint density at radius 2 is 0.823 bits per heavy atom. The molecule has 0 aliphatic carbocycles. The Labute approximate surface area is 478 Å². The monoisotopic (exact) mass is 1100 g/mol. The topological polar surface area (TPSA) is 175 Å². The molecule has 1 aliphatic heterocycles. The zero-order valence-electron chi connectivity index (χ0n) is 49.3. The first kappa shape index (κ1) is 72.4. The highest BCUT2D eigenvalue weighted by atomic mass is 16.7. The largest absolute Gasteiger partial charge is 0.479 e. The molecular formula is C67H108O12. The van der Waals surface area contributed by atoms with Gasteiger partial charge in [0, 0.05) is 19.3 Å². The Bertz CT molecular complexity index is 1790. The fourth-order valence-corrected chi connectivity index (χ4v) is 8.58. The van der Waals surface area contributed by atoms with E-state index >= 15 is 0 Å². The molecule has 1 aliphatic rings. The van der Waals surface area contributed by atoms with Crippen molar-refractivity contribution >= 4 is 23.9 Å². The molecule has 12 heteroatoms. The van der Waals surface area contributed by atoms with Crippen molar-refractivity contribution in [2.45, 2.75) is 276 Å². The van der Waals surface area contributed by atoms with Gasteiger partial charge in [-0.15, -0.1) is 0 Å². The van der Waals surface area contributed by atoms with Crippen LogP contribution in [0.25, 0.3) is 0 Å². The van der Waals surface area contributed by atoms with Crippen LogP contribution in [0.3, 0.4) is 0 Å². The molecule has 0 bridgehead atoms. The van der Waals surface area contributed by atoms with E-state index in [1.54, 1.807) is 0 Å². The summed E-state index contributed by atoms with van der Waals surface area (Å²) in [5.74, 6) is -3.20. The van der Waals surface area contributed by atoms with Gasteiger partial charge in [0.15, 0.2) is 24.6 Å². The zero-order valence-corrected chi connectivity index (χ0v) is 49.3. The molecule has 0 radical (unpaired) electrons. The van der Waals surface area contributed by atoms with E-state index in [-0.39, 0.29) is 25.9 Å². The molecular weight excluding hydrogens is 997 g/mol. The fourth-order valence-electron chi connectivity index (χ4n) is 8.58. The van der Waals surface area contributed by atoms with Crippen molar-refractivity contribution in [1.29, 1.82) is 0 Å². The van der Waals surface area contributed by atoms with E-state index in [0.717, 1.165) is 141 Å². The second-order valence-corrected chi connectivity index (χ2v) is 20.6. The number of carbonyl (C=O) groups is 4. The minimum atomic E-state index is -1.92. The second-order valence-electron chi connectivity index (χ2n) is 20.6. The van der Waals surface area contributed by atoms with Crippen LogP contribution in [0.1, 0.15) is 239 Å². The van der Waals surface area contributed by atoms with Gasteiger partial charge >= 0.3 is 23.9 Å². The van der Waals surface area contributed by atoms with E-state index < -0.39 is 67.3 Å². The number of allylic oxidation sites excluding steroid dienone is 18. The quantitative estimate of drug-likeness (QED) is 0.0228. The number of aliphatic carboxylic acids is 1. The summed E-state index contributed by atoms with van der Waals surface area (Å²) in [5.41, 5.74) is 0. The maximum Gasteiger partial charge on any atom is 0.335 e. The molecule has 0 aromatic carbocycles. The first-order valence-corrected chi connectivity index (χ1v) is 30.9. The smallest absolute Gasteiger partial charge is 0.335 e. The van der Waals surface area contributed by atoms with Crippen molar-refractivity contribution < 1.29 is 58.2 Å². The fraction of sp³-hybridized carbons (Fsp3) is 0.672. The van der Waals surface area contributed by atoms with E-state index in [2.05, 4.69) is 130 Å². The summed E-state index contributed by atoms with van der Waals surface area (Å²) in [4.78, 5) is 51.2. The van der Waals surface area contributed by atoms with Gasteiger partial charge in [-0.3, -0.25) is 14.4 Å². The highest BCUT2D eigenvalue weighted by Crippen LogP contribution is 2.26. The van der Waals surface area contributed by atoms with Gasteiger partial charge in [0.25, 0.3) is 0 Å². The predicted molar refractivity (Wildman–Crippen MR) is 321 cm³/mol. The molecule has 12 nitrogen and oxygen atoms in total. The van der Waals surface area contributed by atoms with Crippen LogP contribution < -0.4 is 0 Å². The van der Waals surface area contributed by atoms with Crippen LogP contribution in [0.2, 0.25) is 0 Å². The number of carboxylic acids is 1. The third-order valence-corrected chi connectivity index (χ3v) is 13.3.